The van der Waals surface area contributed by atoms with Crippen LogP contribution in [0.3, 0.4) is 0 Å². The number of likely N-dealkylation sites (N-methyl/N-ethyl adjacent to an activating group) is 1. The van der Waals surface area contributed by atoms with E-state index >= 15 is 0 Å². The highest BCUT2D eigenvalue weighted by Crippen LogP contribution is 2.19. The topological polar surface area (TPSA) is 76.0 Å². The molecule has 0 spiro atoms. The molecule has 0 saturated carbocycles. The monoisotopic (exact) mass is 392 g/mol. The maximum atomic E-state index is 13.6. The number of amides is 2. The number of nitrogens with one attached hydrogen (secondary N) is 2. The van der Waals surface area contributed by atoms with E-state index < -0.39 is 29.5 Å². The summed E-state index contributed by atoms with van der Waals surface area (Å²) >= 11 is 0. The molecule has 2 N–H and O–H groups in total. The van der Waals surface area contributed by atoms with Gasteiger partial charge in [0.25, 0.3) is 0 Å². The summed E-state index contributed by atoms with van der Waals surface area (Å²) in [4.78, 5) is 24.8. The van der Waals surface area contributed by atoms with E-state index in [0.717, 1.165) is 35.6 Å². The molecule has 0 saturated heterocycles. The van der Waals surface area contributed by atoms with Gasteiger partial charge >= 0.3 is 0 Å². The van der Waals surface area contributed by atoms with E-state index in [1.54, 1.807) is 0 Å². The van der Waals surface area contributed by atoms with Crippen molar-refractivity contribution in [1.82, 2.24) is 20.4 Å². The van der Waals surface area contributed by atoms with Crippen LogP contribution in [0.5, 0.6) is 0 Å². The first-order valence-electron chi connectivity index (χ1n) is 9.12. The van der Waals surface area contributed by atoms with Gasteiger partial charge in [0.2, 0.25) is 11.8 Å². The molecule has 0 aliphatic carbocycles. The molecule has 1 heterocycles. The summed E-state index contributed by atoms with van der Waals surface area (Å²) in [5, 5.41) is 9.51. The van der Waals surface area contributed by atoms with Crippen LogP contribution >= 0.6 is 0 Å². The standard InChI is InChI=1S/C20H26F2N4O2/c1-11(2)10-26-13(4)15(12(3)25-26)9-18(27)24-19(20(28)23-5)14-6-7-16(21)17(22)8-14/h6-8,11,19H,9-10H2,1-5H3,(H,23,28)(H,24,27). The Morgan fingerprint density at radius 2 is 1.86 bits per heavy atom. The third kappa shape index (κ3) is 4.94. The molecule has 0 radical (unpaired) electrons. The molecule has 1 aromatic heterocycles. The van der Waals surface area contributed by atoms with Crippen LogP contribution in [-0.4, -0.2) is 28.6 Å². The highest BCUT2D eigenvalue weighted by Gasteiger charge is 2.24. The molecule has 2 aromatic rings. The maximum absolute atomic E-state index is 13.6. The number of aromatic nitrogens is 2. The lowest BCUT2D eigenvalue weighted by Gasteiger charge is -2.18. The Hall–Kier alpha value is -2.77. The molecular formula is C20H26F2N4O2. The predicted octanol–water partition coefficient (Wildman–Crippen LogP) is 2.58. The number of nitrogens with zero attached hydrogens (tertiary/aromatic N) is 2. The molecule has 2 rings (SSSR count). The van der Waals surface area contributed by atoms with Crippen LogP contribution < -0.4 is 10.6 Å². The van der Waals surface area contributed by atoms with Gasteiger partial charge in [-0.3, -0.25) is 14.3 Å². The zero-order valence-electron chi connectivity index (χ0n) is 16.8. The smallest absolute Gasteiger partial charge is 0.246 e. The van der Waals surface area contributed by atoms with Crippen molar-refractivity contribution < 1.29 is 18.4 Å². The average Bonchev–Trinajstić information content (AvgIpc) is 2.88. The summed E-state index contributed by atoms with van der Waals surface area (Å²) in [6.45, 7) is 8.63. The van der Waals surface area contributed by atoms with Crippen molar-refractivity contribution in [1.29, 1.82) is 0 Å². The third-order valence-electron chi connectivity index (χ3n) is 4.50. The Kier molecular flexibility index (Phi) is 6.88. The van der Waals surface area contributed by atoms with Crippen LogP contribution in [0.25, 0.3) is 0 Å². The number of aryl methyl sites for hydroxylation is 1. The molecule has 28 heavy (non-hydrogen) atoms. The Morgan fingerprint density at radius 1 is 1.18 bits per heavy atom. The van der Waals surface area contributed by atoms with Gasteiger partial charge in [-0.05, 0) is 37.5 Å². The van der Waals surface area contributed by atoms with E-state index in [4.69, 9.17) is 0 Å². The van der Waals surface area contributed by atoms with Crippen LogP contribution in [0.2, 0.25) is 0 Å². The molecule has 0 aliphatic rings. The zero-order valence-corrected chi connectivity index (χ0v) is 16.8. The minimum absolute atomic E-state index is 0.0347. The highest BCUT2D eigenvalue weighted by atomic mass is 19.2. The molecule has 8 heteroatoms. The number of carbonyl (C=O) groups excluding carboxylic acids is 2. The molecule has 6 nitrogen and oxygen atoms in total. The summed E-state index contributed by atoms with van der Waals surface area (Å²) < 4.78 is 28.6. The first kappa shape index (κ1) is 21.5. The van der Waals surface area contributed by atoms with Gasteiger partial charge in [-0.15, -0.1) is 0 Å². The largest absolute Gasteiger partial charge is 0.357 e. The number of carbonyl (C=O) groups is 2. The highest BCUT2D eigenvalue weighted by molar-refractivity contribution is 5.89. The second-order valence-corrected chi connectivity index (χ2v) is 7.19. The molecule has 0 bridgehead atoms. The Morgan fingerprint density at radius 3 is 2.43 bits per heavy atom. The minimum Gasteiger partial charge on any atom is -0.357 e. The lowest BCUT2D eigenvalue weighted by molar-refractivity contribution is -0.128. The quantitative estimate of drug-likeness (QED) is 0.760. The molecule has 0 fully saturated rings. The number of rotatable bonds is 7. The van der Waals surface area contributed by atoms with Gasteiger partial charge < -0.3 is 10.6 Å². The van der Waals surface area contributed by atoms with E-state index in [-0.39, 0.29) is 12.0 Å². The lowest BCUT2D eigenvalue weighted by Crippen LogP contribution is -2.39. The van der Waals surface area contributed by atoms with E-state index in [1.165, 1.54) is 13.1 Å². The number of hydrogen-bond donors (Lipinski definition) is 2. The fraction of sp³-hybridized carbons (Fsp3) is 0.450. The Labute approximate surface area is 163 Å². The van der Waals surface area contributed by atoms with Gasteiger partial charge in [0, 0.05) is 24.8 Å². The second kappa shape index (κ2) is 8.95. The number of hydrogen-bond acceptors (Lipinski definition) is 3. The fourth-order valence-electron chi connectivity index (χ4n) is 3.02. The zero-order chi connectivity index (χ0) is 21.0. The van der Waals surface area contributed by atoms with Crippen LogP contribution in [0.15, 0.2) is 18.2 Å². The first-order valence-corrected chi connectivity index (χ1v) is 9.12. The predicted molar refractivity (Wildman–Crippen MR) is 102 cm³/mol. The van der Waals surface area contributed by atoms with E-state index in [0.29, 0.717) is 5.92 Å². The van der Waals surface area contributed by atoms with Crippen molar-refractivity contribution in [3.63, 3.8) is 0 Å². The van der Waals surface area contributed by atoms with Gasteiger partial charge in [-0.25, -0.2) is 8.78 Å². The summed E-state index contributed by atoms with van der Waals surface area (Å²) in [5.41, 5.74) is 2.60. The van der Waals surface area contributed by atoms with Crippen LogP contribution in [0, 0.1) is 31.4 Å². The van der Waals surface area contributed by atoms with Crippen molar-refractivity contribution in [3.8, 4) is 0 Å². The molecule has 1 unspecified atom stereocenters. The van der Waals surface area contributed by atoms with Gasteiger partial charge in [-0.1, -0.05) is 19.9 Å². The molecular weight excluding hydrogens is 366 g/mol. The van der Waals surface area contributed by atoms with Crippen molar-refractivity contribution in [3.05, 3.63) is 52.3 Å². The minimum atomic E-state index is -1.13. The van der Waals surface area contributed by atoms with Gasteiger partial charge in [0.05, 0.1) is 12.1 Å². The first-order chi connectivity index (χ1) is 13.1. The van der Waals surface area contributed by atoms with Crippen molar-refractivity contribution >= 4 is 11.8 Å². The number of halogens is 2. The molecule has 0 aliphatic heterocycles. The summed E-state index contributed by atoms with van der Waals surface area (Å²) in [5.74, 6) is -2.63. The summed E-state index contributed by atoms with van der Waals surface area (Å²) in [6, 6.07) is 1.98. The molecule has 1 aromatic carbocycles. The maximum Gasteiger partial charge on any atom is 0.246 e. The SMILES string of the molecule is CNC(=O)C(NC(=O)Cc1c(C)nn(CC(C)C)c1C)c1ccc(F)c(F)c1. The fourth-order valence-corrected chi connectivity index (χ4v) is 3.02. The Bertz CT molecular complexity index is 877. The van der Waals surface area contributed by atoms with Gasteiger partial charge in [-0.2, -0.15) is 5.10 Å². The summed E-state index contributed by atoms with van der Waals surface area (Å²) in [6.07, 6.45) is 0.0347. The van der Waals surface area contributed by atoms with Crippen LogP contribution in [0.1, 0.15) is 42.4 Å². The molecule has 152 valence electrons. The van der Waals surface area contributed by atoms with Crippen molar-refractivity contribution in [2.75, 3.05) is 7.05 Å². The molecule has 2 amide bonds. The van der Waals surface area contributed by atoms with Crippen LogP contribution in [0.4, 0.5) is 8.78 Å². The normalized spacial score (nSPS) is 12.1. The van der Waals surface area contributed by atoms with Crippen LogP contribution in [-0.2, 0) is 22.6 Å². The second-order valence-electron chi connectivity index (χ2n) is 7.19. The van der Waals surface area contributed by atoms with E-state index in [9.17, 15) is 18.4 Å². The summed E-state index contributed by atoms with van der Waals surface area (Å²) in [7, 11) is 1.41. The van der Waals surface area contributed by atoms with Crippen molar-refractivity contribution in [2.45, 2.75) is 46.7 Å². The van der Waals surface area contributed by atoms with E-state index in [2.05, 4.69) is 29.6 Å². The van der Waals surface area contributed by atoms with Crippen molar-refractivity contribution in [2.24, 2.45) is 5.92 Å². The van der Waals surface area contributed by atoms with Gasteiger partial charge in [0.1, 0.15) is 6.04 Å². The van der Waals surface area contributed by atoms with E-state index in [1.807, 2.05) is 18.5 Å². The van der Waals surface area contributed by atoms with Gasteiger partial charge in [0.15, 0.2) is 11.6 Å². The number of benzene rings is 1. The Balaban J connectivity index is 2.22. The third-order valence-corrected chi connectivity index (χ3v) is 4.50. The lowest BCUT2D eigenvalue weighted by atomic mass is 10.0. The molecule has 1 atom stereocenters. The average molecular weight is 392 g/mol.